The van der Waals surface area contributed by atoms with Crippen molar-refractivity contribution in [2.75, 3.05) is 13.2 Å². The molecule has 0 fully saturated rings. The molecule has 0 aromatic heterocycles. The van der Waals surface area contributed by atoms with Crippen LogP contribution in [0.4, 0.5) is 0 Å². The zero-order valence-electron chi connectivity index (χ0n) is 14.5. The molecule has 0 aliphatic heterocycles. The first-order valence-electron chi connectivity index (χ1n) is 8.89. The Labute approximate surface area is 141 Å². The number of aliphatic imine (C=N–C) groups is 1. The van der Waals surface area contributed by atoms with Gasteiger partial charge in [-0.15, -0.1) is 0 Å². The first kappa shape index (κ1) is 19.5. The van der Waals surface area contributed by atoms with E-state index in [9.17, 15) is 0 Å². The minimum Gasteiger partial charge on any atom is -0.396 e. The second kappa shape index (κ2) is 11.9. The number of nitrogens with zero attached hydrogens (tertiary/aromatic N) is 1. The number of aryl methyl sites for hydroxylation is 1. The second-order valence-corrected chi connectivity index (χ2v) is 6.31. The van der Waals surface area contributed by atoms with Crippen LogP contribution in [0.15, 0.2) is 29.3 Å². The number of hydrogen-bond acceptors (Lipinski definition) is 2. The summed E-state index contributed by atoms with van der Waals surface area (Å²) in [5.41, 5.74) is 13.4. The highest BCUT2D eigenvalue weighted by molar-refractivity contribution is 5.75. The van der Waals surface area contributed by atoms with Gasteiger partial charge in [-0.3, -0.25) is 4.99 Å². The zero-order valence-corrected chi connectivity index (χ0v) is 14.5. The number of aliphatic hydroxyl groups is 1. The van der Waals surface area contributed by atoms with E-state index in [0.29, 0.717) is 19.1 Å². The van der Waals surface area contributed by atoms with Gasteiger partial charge in [-0.25, -0.2) is 0 Å². The summed E-state index contributed by atoms with van der Waals surface area (Å²) in [6, 6.07) is 8.85. The predicted molar refractivity (Wildman–Crippen MR) is 98.5 cm³/mol. The van der Waals surface area contributed by atoms with Crippen LogP contribution in [0.2, 0.25) is 0 Å². The average Bonchev–Trinajstić information content (AvgIpc) is 2.54. The Balaban J connectivity index is 2.53. The van der Waals surface area contributed by atoms with Crippen LogP contribution in [-0.2, 0) is 12.8 Å². The smallest absolute Gasteiger partial charge is 0.185 e. The molecule has 1 aromatic carbocycles. The number of hydrogen-bond donors (Lipinski definition) is 3. The third-order valence-electron chi connectivity index (χ3n) is 4.17. The van der Waals surface area contributed by atoms with E-state index in [1.54, 1.807) is 0 Å². The largest absolute Gasteiger partial charge is 0.396 e. The Kier molecular flexibility index (Phi) is 10.1. The van der Waals surface area contributed by atoms with E-state index in [4.69, 9.17) is 16.6 Å². The summed E-state index contributed by atoms with van der Waals surface area (Å²) >= 11 is 0. The summed E-state index contributed by atoms with van der Waals surface area (Å²) in [4.78, 5) is 4.03. The molecular weight excluding hydrogens is 286 g/mol. The molecular formula is C19H33N3O. The first-order chi connectivity index (χ1) is 11.2. The van der Waals surface area contributed by atoms with Crippen molar-refractivity contribution in [2.45, 2.75) is 58.3 Å². The van der Waals surface area contributed by atoms with Crippen LogP contribution in [0.25, 0.3) is 0 Å². The highest BCUT2D eigenvalue weighted by Gasteiger charge is 2.09. The maximum absolute atomic E-state index is 9.08. The van der Waals surface area contributed by atoms with Crippen molar-refractivity contribution in [3.8, 4) is 0 Å². The second-order valence-electron chi connectivity index (χ2n) is 6.31. The molecule has 0 radical (unpaired) electrons. The fraction of sp³-hybridized carbons (Fsp3) is 0.632. The standard InChI is InChI=1S/C19H33N3O/c1-2-3-7-16(11-6-13-23)14-18-9-4-8-17(15-18)10-5-12-22-19(20)21/h4,8-9,15-16,23H,2-3,5-7,10-14H2,1H3,(H4,20,21,22). The van der Waals surface area contributed by atoms with Crippen molar-refractivity contribution in [1.29, 1.82) is 0 Å². The van der Waals surface area contributed by atoms with E-state index in [2.05, 4.69) is 36.2 Å². The molecule has 4 nitrogen and oxygen atoms in total. The molecule has 0 heterocycles. The third-order valence-corrected chi connectivity index (χ3v) is 4.17. The number of aliphatic hydroxyl groups excluding tert-OH is 1. The molecule has 23 heavy (non-hydrogen) atoms. The molecule has 0 spiro atoms. The lowest BCUT2D eigenvalue weighted by molar-refractivity contribution is 0.267. The maximum Gasteiger partial charge on any atom is 0.185 e. The van der Waals surface area contributed by atoms with Gasteiger partial charge < -0.3 is 16.6 Å². The predicted octanol–water partition coefficient (Wildman–Crippen LogP) is 3.01. The van der Waals surface area contributed by atoms with Crippen molar-refractivity contribution in [3.63, 3.8) is 0 Å². The van der Waals surface area contributed by atoms with E-state index in [1.165, 1.54) is 30.4 Å². The van der Waals surface area contributed by atoms with Crippen molar-refractivity contribution in [3.05, 3.63) is 35.4 Å². The van der Waals surface area contributed by atoms with Crippen LogP contribution in [0.1, 0.15) is 56.6 Å². The van der Waals surface area contributed by atoms with Crippen molar-refractivity contribution in [1.82, 2.24) is 0 Å². The van der Waals surface area contributed by atoms with Crippen molar-refractivity contribution < 1.29 is 5.11 Å². The molecule has 0 saturated carbocycles. The van der Waals surface area contributed by atoms with Gasteiger partial charge in [0.1, 0.15) is 0 Å². The van der Waals surface area contributed by atoms with Crippen LogP contribution < -0.4 is 11.5 Å². The molecule has 0 saturated heterocycles. The van der Waals surface area contributed by atoms with Gasteiger partial charge in [-0.2, -0.15) is 0 Å². The minimum absolute atomic E-state index is 0.168. The Morgan fingerprint density at radius 2 is 1.87 bits per heavy atom. The molecule has 1 rings (SSSR count). The lowest BCUT2D eigenvalue weighted by Crippen LogP contribution is -2.23. The number of unbranched alkanes of at least 4 members (excludes halogenated alkanes) is 1. The highest BCUT2D eigenvalue weighted by atomic mass is 16.2. The monoisotopic (exact) mass is 319 g/mol. The van der Waals surface area contributed by atoms with E-state index < -0.39 is 0 Å². The fourth-order valence-corrected chi connectivity index (χ4v) is 2.96. The topological polar surface area (TPSA) is 84.6 Å². The lowest BCUT2D eigenvalue weighted by Gasteiger charge is -2.17. The lowest BCUT2D eigenvalue weighted by atomic mass is 9.89. The summed E-state index contributed by atoms with van der Waals surface area (Å²) in [5, 5.41) is 9.08. The van der Waals surface area contributed by atoms with Crippen LogP contribution in [0.3, 0.4) is 0 Å². The molecule has 1 aromatic rings. The van der Waals surface area contributed by atoms with Gasteiger partial charge >= 0.3 is 0 Å². The molecule has 5 N–H and O–H groups in total. The molecule has 130 valence electrons. The Bertz CT molecular complexity index is 448. The van der Waals surface area contributed by atoms with Crippen LogP contribution >= 0.6 is 0 Å². The van der Waals surface area contributed by atoms with Gasteiger partial charge in [-0.05, 0) is 49.1 Å². The van der Waals surface area contributed by atoms with Gasteiger partial charge in [-0.1, -0.05) is 50.5 Å². The summed E-state index contributed by atoms with van der Waals surface area (Å²) in [6.45, 7) is 3.22. The van der Waals surface area contributed by atoms with Gasteiger partial charge in [0.25, 0.3) is 0 Å². The molecule has 1 atom stereocenters. The number of nitrogens with two attached hydrogens (primary N) is 2. The molecule has 4 heteroatoms. The molecule has 0 aliphatic rings. The Hall–Kier alpha value is -1.55. The van der Waals surface area contributed by atoms with E-state index >= 15 is 0 Å². The van der Waals surface area contributed by atoms with Crippen molar-refractivity contribution in [2.24, 2.45) is 22.4 Å². The fourth-order valence-electron chi connectivity index (χ4n) is 2.96. The minimum atomic E-state index is 0.168. The summed E-state index contributed by atoms with van der Waals surface area (Å²) in [7, 11) is 0. The quantitative estimate of drug-likeness (QED) is 0.314. The summed E-state index contributed by atoms with van der Waals surface area (Å²) in [6.07, 6.45) is 8.87. The Morgan fingerprint density at radius 3 is 2.57 bits per heavy atom. The number of benzene rings is 1. The van der Waals surface area contributed by atoms with Gasteiger partial charge in [0.05, 0.1) is 0 Å². The third kappa shape index (κ3) is 9.24. The van der Waals surface area contributed by atoms with Crippen LogP contribution in [0.5, 0.6) is 0 Å². The van der Waals surface area contributed by atoms with Gasteiger partial charge in [0.2, 0.25) is 0 Å². The molecule has 0 bridgehead atoms. The molecule has 0 amide bonds. The Morgan fingerprint density at radius 1 is 1.13 bits per heavy atom. The first-order valence-corrected chi connectivity index (χ1v) is 8.89. The van der Waals surface area contributed by atoms with Crippen LogP contribution in [0, 0.1) is 5.92 Å². The van der Waals surface area contributed by atoms with Crippen molar-refractivity contribution >= 4 is 5.96 Å². The SMILES string of the molecule is CCCCC(CCCO)Cc1cccc(CCCN=C(N)N)c1. The maximum atomic E-state index is 9.08. The number of guanidine groups is 1. The average molecular weight is 319 g/mol. The highest BCUT2D eigenvalue weighted by Crippen LogP contribution is 2.21. The van der Waals surface area contributed by atoms with Gasteiger partial charge in [0.15, 0.2) is 5.96 Å². The van der Waals surface area contributed by atoms with E-state index in [0.717, 1.165) is 32.1 Å². The van der Waals surface area contributed by atoms with Crippen LogP contribution in [-0.4, -0.2) is 24.2 Å². The normalized spacial score (nSPS) is 12.1. The summed E-state index contributed by atoms with van der Waals surface area (Å²) in [5.74, 6) is 0.848. The van der Waals surface area contributed by atoms with E-state index in [1.807, 2.05) is 0 Å². The van der Waals surface area contributed by atoms with Gasteiger partial charge in [0, 0.05) is 13.2 Å². The number of rotatable bonds is 12. The molecule has 0 aliphatic carbocycles. The van der Waals surface area contributed by atoms with E-state index in [-0.39, 0.29) is 5.96 Å². The molecule has 1 unspecified atom stereocenters. The summed E-state index contributed by atoms with van der Waals surface area (Å²) < 4.78 is 0. The zero-order chi connectivity index (χ0) is 16.9.